The van der Waals surface area contributed by atoms with Crippen molar-refractivity contribution in [3.05, 3.63) is 28.3 Å². The van der Waals surface area contributed by atoms with Crippen molar-refractivity contribution in [1.82, 2.24) is 0 Å². The molecule has 0 unspecified atom stereocenters. The van der Waals surface area contributed by atoms with Crippen LogP contribution in [0.2, 0.25) is 5.02 Å². The molecule has 0 saturated heterocycles. The fourth-order valence-electron chi connectivity index (χ4n) is 1.51. The van der Waals surface area contributed by atoms with Crippen molar-refractivity contribution in [1.29, 1.82) is 0 Å². The lowest BCUT2D eigenvalue weighted by molar-refractivity contribution is -0.142. The Bertz CT molecular complexity index is 429. The van der Waals surface area contributed by atoms with Gasteiger partial charge in [-0.3, -0.25) is 9.59 Å². The minimum absolute atomic E-state index is 0.0262. The van der Waals surface area contributed by atoms with Gasteiger partial charge in [-0.2, -0.15) is 0 Å². The predicted octanol–water partition coefficient (Wildman–Crippen LogP) is 2.27. The zero-order valence-corrected chi connectivity index (χ0v) is 10.4. The monoisotopic (exact) mass is 256 g/mol. The average molecular weight is 257 g/mol. The van der Waals surface area contributed by atoms with Crippen LogP contribution in [0.1, 0.15) is 22.8 Å². The summed E-state index contributed by atoms with van der Waals surface area (Å²) in [5.74, 6) is -0.0256. The number of halogens is 1. The SMILES string of the molecule is CCOC(=O)Cc1cc(Cl)cc(C=O)c1OC. The van der Waals surface area contributed by atoms with Crippen LogP contribution in [0.5, 0.6) is 5.75 Å². The third-order valence-corrected chi connectivity index (χ3v) is 2.35. The van der Waals surface area contributed by atoms with Gasteiger partial charge in [0.05, 0.1) is 25.7 Å². The van der Waals surface area contributed by atoms with E-state index < -0.39 is 0 Å². The number of rotatable bonds is 5. The van der Waals surface area contributed by atoms with E-state index in [1.807, 2.05) is 0 Å². The maximum absolute atomic E-state index is 11.4. The third-order valence-electron chi connectivity index (χ3n) is 2.13. The molecule has 1 aromatic carbocycles. The molecule has 0 aliphatic carbocycles. The van der Waals surface area contributed by atoms with Gasteiger partial charge in [-0.25, -0.2) is 0 Å². The van der Waals surface area contributed by atoms with Gasteiger partial charge >= 0.3 is 5.97 Å². The van der Waals surface area contributed by atoms with Crippen molar-refractivity contribution in [3.8, 4) is 5.75 Å². The zero-order valence-electron chi connectivity index (χ0n) is 9.66. The van der Waals surface area contributed by atoms with E-state index in [1.165, 1.54) is 13.2 Å². The number of carbonyl (C=O) groups excluding carboxylic acids is 2. The molecule has 0 atom stereocenters. The van der Waals surface area contributed by atoms with Crippen molar-refractivity contribution >= 4 is 23.9 Å². The molecule has 0 aliphatic rings. The summed E-state index contributed by atoms with van der Waals surface area (Å²) in [6.45, 7) is 2.03. The van der Waals surface area contributed by atoms with Crippen molar-refractivity contribution in [3.63, 3.8) is 0 Å². The van der Waals surface area contributed by atoms with Gasteiger partial charge in [0, 0.05) is 10.6 Å². The lowest BCUT2D eigenvalue weighted by Gasteiger charge is -2.10. The second-order valence-corrected chi connectivity index (χ2v) is 3.72. The van der Waals surface area contributed by atoms with Gasteiger partial charge in [0.1, 0.15) is 5.75 Å². The standard InChI is InChI=1S/C12H13ClO4/c1-3-17-11(15)6-8-4-10(13)5-9(7-14)12(8)16-2/h4-5,7H,3,6H2,1-2H3. The summed E-state index contributed by atoms with van der Waals surface area (Å²) >= 11 is 5.85. The van der Waals surface area contributed by atoms with E-state index in [0.29, 0.717) is 34.8 Å². The lowest BCUT2D eigenvalue weighted by atomic mass is 10.1. The topological polar surface area (TPSA) is 52.6 Å². The number of benzene rings is 1. The number of carbonyl (C=O) groups is 2. The summed E-state index contributed by atoms with van der Waals surface area (Å²) in [5.41, 5.74) is 0.861. The molecule has 1 aromatic rings. The van der Waals surface area contributed by atoms with Crippen LogP contribution in [0.15, 0.2) is 12.1 Å². The third kappa shape index (κ3) is 3.46. The Morgan fingerprint density at radius 2 is 2.18 bits per heavy atom. The molecule has 17 heavy (non-hydrogen) atoms. The first kappa shape index (κ1) is 13.5. The second kappa shape index (κ2) is 6.25. The highest BCUT2D eigenvalue weighted by molar-refractivity contribution is 6.31. The molecule has 0 spiro atoms. The van der Waals surface area contributed by atoms with Crippen LogP contribution in [0.3, 0.4) is 0 Å². The van der Waals surface area contributed by atoms with Crippen LogP contribution >= 0.6 is 11.6 Å². The minimum atomic E-state index is -0.384. The smallest absolute Gasteiger partial charge is 0.310 e. The molecule has 0 saturated carbocycles. The zero-order chi connectivity index (χ0) is 12.8. The number of methoxy groups -OCH3 is 1. The van der Waals surface area contributed by atoms with Gasteiger partial charge in [-0.15, -0.1) is 0 Å². The van der Waals surface area contributed by atoms with Crippen molar-refractivity contribution in [2.24, 2.45) is 0 Å². The molecule has 0 heterocycles. The Hall–Kier alpha value is -1.55. The molecule has 92 valence electrons. The molecule has 0 amide bonds. The predicted molar refractivity (Wildman–Crippen MR) is 63.7 cm³/mol. The second-order valence-electron chi connectivity index (χ2n) is 3.29. The molecular weight excluding hydrogens is 244 g/mol. The Labute approximate surface area is 104 Å². The Morgan fingerprint density at radius 1 is 1.47 bits per heavy atom. The van der Waals surface area contributed by atoms with Crippen molar-refractivity contribution < 1.29 is 19.1 Å². The highest BCUT2D eigenvalue weighted by Crippen LogP contribution is 2.27. The first-order chi connectivity index (χ1) is 8.12. The summed E-state index contributed by atoms with van der Waals surface area (Å²) in [5, 5.41) is 0.382. The maximum atomic E-state index is 11.4. The molecule has 4 nitrogen and oxygen atoms in total. The van der Waals surface area contributed by atoms with Gasteiger partial charge in [0.2, 0.25) is 0 Å². The summed E-state index contributed by atoms with van der Waals surface area (Å²) in [7, 11) is 1.44. The molecule has 0 aliphatic heterocycles. The Morgan fingerprint density at radius 3 is 2.71 bits per heavy atom. The molecule has 1 rings (SSSR count). The van der Waals surface area contributed by atoms with E-state index in [-0.39, 0.29) is 12.4 Å². The first-order valence-corrected chi connectivity index (χ1v) is 5.47. The van der Waals surface area contributed by atoms with Gasteiger partial charge in [0.25, 0.3) is 0 Å². The van der Waals surface area contributed by atoms with Crippen molar-refractivity contribution in [2.75, 3.05) is 13.7 Å². The molecule has 5 heteroatoms. The summed E-state index contributed by atoms with van der Waals surface area (Å²) in [6.07, 6.45) is 0.664. The van der Waals surface area contributed by atoms with Crippen LogP contribution in [-0.2, 0) is 16.0 Å². The molecule has 0 aromatic heterocycles. The molecule has 0 radical (unpaired) electrons. The molecular formula is C12H13ClO4. The van der Waals surface area contributed by atoms with Crippen LogP contribution < -0.4 is 4.74 Å². The molecule has 0 bridgehead atoms. The van der Waals surface area contributed by atoms with E-state index in [2.05, 4.69) is 0 Å². The largest absolute Gasteiger partial charge is 0.496 e. The quantitative estimate of drug-likeness (QED) is 0.599. The summed E-state index contributed by atoms with van der Waals surface area (Å²) in [4.78, 5) is 22.2. The highest BCUT2D eigenvalue weighted by atomic mass is 35.5. The van der Waals surface area contributed by atoms with E-state index >= 15 is 0 Å². The van der Waals surface area contributed by atoms with E-state index in [4.69, 9.17) is 21.1 Å². The first-order valence-electron chi connectivity index (χ1n) is 5.09. The van der Waals surface area contributed by atoms with Gasteiger partial charge in [-0.1, -0.05) is 11.6 Å². The summed E-state index contributed by atoms with van der Waals surface area (Å²) < 4.78 is 9.94. The Balaban J connectivity index is 3.08. The van der Waals surface area contributed by atoms with Crippen molar-refractivity contribution in [2.45, 2.75) is 13.3 Å². The summed E-state index contributed by atoms with van der Waals surface area (Å²) in [6, 6.07) is 3.08. The maximum Gasteiger partial charge on any atom is 0.310 e. The number of esters is 1. The van der Waals surface area contributed by atoms with Gasteiger partial charge in [-0.05, 0) is 19.1 Å². The van der Waals surface area contributed by atoms with Crippen LogP contribution in [0, 0.1) is 0 Å². The van der Waals surface area contributed by atoms with Crippen LogP contribution in [0.4, 0.5) is 0 Å². The normalized spacial score (nSPS) is 9.82. The minimum Gasteiger partial charge on any atom is -0.496 e. The lowest BCUT2D eigenvalue weighted by Crippen LogP contribution is -2.09. The number of aldehydes is 1. The fourth-order valence-corrected chi connectivity index (χ4v) is 1.76. The highest BCUT2D eigenvalue weighted by Gasteiger charge is 2.14. The number of hydrogen-bond acceptors (Lipinski definition) is 4. The van der Waals surface area contributed by atoms with Crippen LogP contribution in [-0.4, -0.2) is 26.0 Å². The number of ether oxygens (including phenoxy) is 2. The van der Waals surface area contributed by atoms with E-state index in [0.717, 1.165) is 0 Å². The molecule has 0 fully saturated rings. The molecule has 0 N–H and O–H groups in total. The van der Waals surface area contributed by atoms with E-state index in [9.17, 15) is 9.59 Å². The van der Waals surface area contributed by atoms with Gasteiger partial charge in [0.15, 0.2) is 6.29 Å². The number of hydrogen-bond donors (Lipinski definition) is 0. The van der Waals surface area contributed by atoms with Gasteiger partial charge < -0.3 is 9.47 Å². The van der Waals surface area contributed by atoms with E-state index in [1.54, 1.807) is 13.0 Å². The Kier molecular flexibility index (Phi) is 4.97. The average Bonchev–Trinajstić information content (AvgIpc) is 2.28. The fraction of sp³-hybridized carbons (Fsp3) is 0.333. The van der Waals surface area contributed by atoms with Crippen LogP contribution in [0.25, 0.3) is 0 Å².